The molecule has 0 bridgehead atoms. The topological polar surface area (TPSA) is 113 Å². The molecule has 3 atom stereocenters. The maximum absolute atomic E-state index is 12.0. The summed E-state index contributed by atoms with van der Waals surface area (Å²) in [6.45, 7) is 5.57. The Hall–Kier alpha value is -1.28. The second-order valence-corrected chi connectivity index (χ2v) is 5.59. The molecule has 0 aromatic heterocycles. The molecule has 8 heteroatoms. The summed E-state index contributed by atoms with van der Waals surface area (Å²) in [6, 6.07) is -1.61. The lowest BCUT2D eigenvalue weighted by Gasteiger charge is -2.21. The van der Waals surface area contributed by atoms with Gasteiger partial charge in [-0.25, -0.2) is 0 Å². The van der Waals surface area contributed by atoms with Gasteiger partial charge in [-0.05, 0) is 19.8 Å². The standard InChI is InChI=1S/C14H28N4O3S/c1-4-6-12(19)16-7-10(15)13(20)18-11(5-2)14(21)17-9(3)8-22/h9-11,22H,4-8,15H2,1-3H3,(H,16,19)(H,17,21)(H,18,20)/t9-,10?,11+/m1/s1. The number of rotatable bonds is 10. The lowest BCUT2D eigenvalue weighted by molar-refractivity contribution is -0.130. The molecule has 0 aliphatic carbocycles. The molecule has 128 valence electrons. The first-order valence-electron chi connectivity index (χ1n) is 7.59. The van der Waals surface area contributed by atoms with E-state index in [9.17, 15) is 14.4 Å². The van der Waals surface area contributed by atoms with E-state index in [1.54, 1.807) is 6.92 Å². The Labute approximate surface area is 137 Å². The van der Waals surface area contributed by atoms with Crippen LogP contribution < -0.4 is 21.7 Å². The molecule has 7 nitrogen and oxygen atoms in total. The second-order valence-electron chi connectivity index (χ2n) is 5.22. The van der Waals surface area contributed by atoms with Crippen LogP contribution in [0.3, 0.4) is 0 Å². The van der Waals surface area contributed by atoms with Crippen molar-refractivity contribution < 1.29 is 14.4 Å². The van der Waals surface area contributed by atoms with Crippen molar-refractivity contribution in [2.75, 3.05) is 12.3 Å². The first kappa shape index (κ1) is 20.7. The number of nitrogens with one attached hydrogen (secondary N) is 3. The highest BCUT2D eigenvalue weighted by Crippen LogP contribution is 1.95. The zero-order chi connectivity index (χ0) is 17.1. The molecule has 0 fully saturated rings. The third-order valence-corrected chi connectivity index (χ3v) is 3.58. The predicted octanol–water partition coefficient (Wildman–Crippen LogP) is -0.441. The fourth-order valence-electron chi connectivity index (χ4n) is 1.65. The van der Waals surface area contributed by atoms with Crippen LogP contribution in [0.4, 0.5) is 0 Å². The molecular formula is C14H28N4O3S. The number of nitrogens with two attached hydrogens (primary N) is 1. The summed E-state index contributed by atoms with van der Waals surface area (Å²) in [4.78, 5) is 35.3. The van der Waals surface area contributed by atoms with Gasteiger partial charge in [-0.3, -0.25) is 14.4 Å². The molecule has 0 heterocycles. The molecule has 0 aromatic rings. The van der Waals surface area contributed by atoms with Crippen LogP contribution in [0.5, 0.6) is 0 Å². The second kappa shape index (κ2) is 11.3. The van der Waals surface area contributed by atoms with Gasteiger partial charge in [0.25, 0.3) is 0 Å². The minimum Gasteiger partial charge on any atom is -0.354 e. The average Bonchev–Trinajstić information content (AvgIpc) is 2.49. The van der Waals surface area contributed by atoms with Crippen molar-refractivity contribution >= 4 is 30.4 Å². The average molecular weight is 332 g/mol. The number of carbonyl (C=O) groups is 3. The van der Waals surface area contributed by atoms with E-state index in [1.807, 2.05) is 13.8 Å². The molecule has 0 radical (unpaired) electrons. The van der Waals surface area contributed by atoms with E-state index in [0.29, 0.717) is 18.6 Å². The van der Waals surface area contributed by atoms with Gasteiger partial charge in [-0.1, -0.05) is 13.8 Å². The Kier molecular flexibility index (Phi) is 10.7. The van der Waals surface area contributed by atoms with Crippen molar-refractivity contribution in [2.45, 2.75) is 58.2 Å². The van der Waals surface area contributed by atoms with Crippen molar-refractivity contribution in [2.24, 2.45) is 5.73 Å². The molecule has 5 N–H and O–H groups in total. The van der Waals surface area contributed by atoms with E-state index in [0.717, 1.165) is 6.42 Å². The van der Waals surface area contributed by atoms with Crippen LogP contribution in [0.25, 0.3) is 0 Å². The number of hydrogen-bond acceptors (Lipinski definition) is 5. The Bertz CT molecular complexity index is 379. The molecule has 0 saturated carbocycles. The zero-order valence-electron chi connectivity index (χ0n) is 13.5. The fraction of sp³-hybridized carbons (Fsp3) is 0.786. The summed E-state index contributed by atoms with van der Waals surface area (Å²) < 4.78 is 0. The minimum atomic E-state index is -0.884. The first-order chi connectivity index (χ1) is 10.3. The van der Waals surface area contributed by atoms with Gasteiger partial charge < -0.3 is 21.7 Å². The molecule has 3 amide bonds. The number of carbonyl (C=O) groups excluding carboxylic acids is 3. The van der Waals surface area contributed by atoms with Crippen molar-refractivity contribution in [3.05, 3.63) is 0 Å². The molecule has 0 aliphatic rings. The largest absolute Gasteiger partial charge is 0.354 e. The summed E-state index contributed by atoms with van der Waals surface area (Å²) >= 11 is 4.09. The van der Waals surface area contributed by atoms with Crippen molar-refractivity contribution in [1.29, 1.82) is 0 Å². The van der Waals surface area contributed by atoms with Crippen LogP contribution >= 0.6 is 12.6 Å². The number of hydrogen-bond donors (Lipinski definition) is 5. The summed E-state index contributed by atoms with van der Waals surface area (Å²) in [6.07, 6.45) is 1.58. The Balaban J connectivity index is 4.34. The van der Waals surface area contributed by atoms with Crippen molar-refractivity contribution in [3.63, 3.8) is 0 Å². The summed E-state index contributed by atoms with van der Waals surface area (Å²) in [5.74, 6) is -0.353. The first-order valence-corrected chi connectivity index (χ1v) is 8.22. The number of amides is 3. The van der Waals surface area contributed by atoms with Gasteiger partial charge in [0.2, 0.25) is 17.7 Å². The van der Waals surface area contributed by atoms with Gasteiger partial charge in [0.1, 0.15) is 12.1 Å². The van der Waals surface area contributed by atoms with Crippen LogP contribution in [0.1, 0.15) is 40.0 Å². The molecule has 0 rings (SSSR count). The van der Waals surface area contributed by atoms with Crippen LogP contribution in [-0.2, 0) is 14.4 Å². The lowest BCUT2D eigenvalue weighted by atomic mass is 10.1. The van der Waals surface area contributed by atoms with Gasteiger partial charge in [0.05, 0.1) is 0 Å². The van der Waals surface area contributed by atoms with E-state index in [4.69, 9.17) is 5.73 Å². The Morgan fingerprint density at radius 1 is 1.14 bits per heavy atom. The molecule has 0 saturated heterocycles. The highest BCUT2D eigenvalue weighted by atomic mass is 32.1. The maximum atomic E-state index is 12.0. The normalized spacial score (nSPS) is 14.6. The van der Waals surface area contributed by atoms with Gasteiger partial charge in [0.15, 0.2) is 0 Å². The monoisotopic (exact) mass is 332 g/mol. The highest BCUT2D eigenvalue weighted by Gasteiger charge is 2.23. The molecule has 22 heavy (non-hydrogen) atoms. The number of thiol groups is 1. The van der Waals surface area contributed by atoms with E-state index in [-0.39, 0.29) is 24.4 Å². The molecule has 0 spiro atoms. The molecule has 0 aliphatic heterocycles. The third-order valence-electron chi connectivity index (χ3n) is 3.04. The molecule has 1 unspecified atom stereocenters. The Morgan fingerprint density at radius 3 is 2.27 bits per heavy atom. The summed E-state index contributed by atoms with van der Waals surface area (Å²) in [5.41, 5.74) is 5.72. The minimum absolute atomic E-state index is 0.0514. The van der Waals surface area contributed by atoms with E-state index in [2.05, 4.69) is 28.6 Å². The van der Waals surface area contributed by atoms with E-state index in [1.165, 1.54) is 0 Å². The van der Waals surface area contributed by atoms with Crippen molar-refractivity contribution in [3.8, 4) is 0 Å². The maximum Gasteiger partial charge on any atom is 0.242 e. The quantitative estimate of drug-likeness (QED) is 0.349. The zero-order valence-corrected chi connectivity index (χ0v) is 14.4. The van der Waals surface area contributed by atoms with Gasteiger partial charge in [-0.2, -0.15) is 12.6 Å². The van der Waals surface area contributed by atoms with E-state index >= 15 is 0 Å². The fourth-order valence-corrected chi connectivity index (χ4v) is 1.74. The van der Waals surface area contributed by atoms with E-state index < -0.39 is 18.0 Å². The Morgan fingerprint density at radius 2 is 1.77 bits per heavy atom. The SMILES string of the molecule is CCCC(=O)NCC(N)C(=O)N[C@@H](CC)C(=O)N[C@H](C)CS. The van der Waals surface area contributed by atoms with Crippen molar-refractivity contribution in [1.82, 2.24) is 16.0 Å². The van der Waals surface area contributed by atoms with Gasteiger partial charge in [-0.15, -0.1) is 0 Å². The summed E-state index contributed by atoms with van der Waals surface area (Å²) in [7, 11) is 0. The van der Waals surface area contributed by atoms with Gasteiger partial charge >= 0.3 is 0 Å². The molecular weight excluding hydrogens is 304 g/mol. The molecule has 0 aromatic carbocycles. The van der Waals surface area contributed by atoms with Gasteiger partial charge in [0, 0.05) is 24.8 Å². The third kappa shape index (κ3) is 8.23. The van der Waals surface area contributed by atoms with Crippen LogP contribution in [0, 0.1) is 0 Å². The smallest absolute Gasteiger partial charge is 0.242 e. The van der Waals surface area contributed by atoms with Crippen LogP contribution in [0.2, 0.25) is 0 Å². The summed E-state index contributed by atoms with van der Waals surface area (Å²) in [5, 5.41) is 7.94. The van der Waals surface area contributed by atoms with Crippen LogP contribution in [0.15, 0.2) is 0 Å². The predicted molar refractivity (Wildman–Crippen MR) is 89.6 cm³/mol. The van der Waals surface area contributed by atoms with Crippen LogP contribution in [-0.4, -0.2) is 48.1 Å². The lowest BCUT2D eigenvalue weighted by Crippen LogP contribution is -2.55. The highest BCUT2D eigenvalue weighted by molar-refractivity contribution is 7.80.